The largest absolute Gasteiger partial charge is 0.345 e. The third-order valence-corrected chi connectivity index (χ3v) is 5.19. The van der Waals surface area contributed by atoms with Gasteiger partial charge in [-0.1, -0.05) is 12.0 Å². The van der Waals surface area contributed by atoms with E-state index in [1.165, 1.54) is 23.1 Å². The number of hydrogen-bond donors (Lipinski definition) is 2. The summed E-state index contributed by atoms with van der Waals surface area (Å²) in [6, 6.07) is 10.2. The minimum absolute atomic E-state index is 0.0731. The maximum absolute atomic E-state index is 12.9. The molecule has 1 aliphatic heterocycles. The maximum atomic E-state index is 12.9. The molecule has 1 fully saturated rings. The van der Waals surface area contributed by atoms with Crippen molar-refractivity contribution >= 4 is 29.1 Å². The Balaban J connectivity index is 1.60. The van der Waals surface area contributed by atoms with Gasteiger partial charge in [0.15, 0.2) is 0 Å². The fourth-order valence-electron chi connectivity index (χ4n) is 3.62. The zero-order valence-corrected chi connectivity index (χ0v) is 17.5. The van der Waals surface area contributed by atoms with Crippen LogP contribution in [0.2, 0.25) is 0 Å². The first-order valence-corrected chi connectivity index (χ1v) is 10.0. The van der Waals surface area contributed by atoms with Crippen molar-refractivity contribution in [3.05, 3.63) is 69.3 Å². The number of benzene rings is 2. The van der Waals surface area contributed by atoms with E-state index in [9.17, 15) is 24.5 Å². The number of nitro benzene ring substituents is 1. The second kappa shape index (κ2) is 9.75. The second-order valence-electron chi connectivity index (χ2n) is 7.41. The van der Waals surface area contributed by atoms with Gasteiger partial charge >= 0.3 is 0 Å². The number of nitrogens with zero attached hydrogens (tertiary/aromatic N) is 2. The van der Waals surface area contributed by atoms with Gasteiger partial charge in [-0.3, -0.25) is 24.5 Å². The minimum Gasteiger partial charge on any atom is -0.345 e. The van der Waals surface area contributed by atoms with Crippen molar-refractivity contribution in [2.75, 3.05) is 18.4 Å². The minimum atomic E-state index is -0.712. The Kier molecular flexibility index (Phi) is 6.85. The number of terminal acetylenes is 1. The Labute approximate surface area is 184 Å². The van der Waals surface area contributed by atoms with Gasteiger partial charge in [-0.15, -0.1) is 6.42 Å². The van der Waals surface area contributed by atoms with Crippen molar-refractivity contribution < 1.29 is 19.3 Å². The van der Waals surface area contributed by atoms with Gasteiger partial charge in [-0.05, 0) is 50.1 Å². The van der Waals surface area contributed by atoms with Crippen LogP contribution in [0.4, 0.5) is 11.4 Å². The number of rotatable bonds is 6. The molecular weight excluding hydrogens is 412 g/mol. The summed E-state index contributed by atoms with van der Waals surface area (Å²) < 4.78 is 0. The highest BCUT2D eigenvalue weighted by Crippen LogP contribution is 2.24. The molecule has 1 unspecified atom stereocenters. The van der Waals surface area contributed by atoms with Crippen LogP contribution in [0, 0.1) is 29.4 Å². The molecular formula is C23H22N4O5. The van der Waals surface area contributed by atoms with E-state index in [-0.39, 0.29) is 23.7 Å². The highest BCUT2D eigenvalue weighted by atomic mass is 16.6. The summed E-state index contributed by atoms with van der Waals surface area (Å²) in [7, 11) is 0. The fraction of sp³-hybridized carbons (Fsp3) is 0.261. The molecule has 3 rings (SSSR count). The monoisotopic (exact) mass is 434 g/mol. The van der Waals surface area contributed by atoms with E-state index >= 15 is 0 Å². The Hall–Kier alpha value is -4.19. The number of aryl methyl sites for hydroxylation is 1. The molecule has 1 saturated heterocycles. The molecule has 3 amide bonds. The van der Waals surface area contributed by atoms with Crippen molar-refractivity contribution in [2.24, 2.45) is 0 Å². The van der Waals surface area contributed by atoms with Crippen LogP contribution < -0.4 is 10.6 Å². The van der Waals surface area contributed by atoms with Crippen LogP contribution in [0.3, 0.4) is 0 Å². The molecule has 0 aliphatic carbocycles. The van der Waals surface area contributed by atoms with Crippen molar-refractivity contribution in [3.8, 4) is 12.3 Å². The Morgan fingerprint density at radius 1 is 1.25 bits per heavy atom. The van der Waals surface area contributed by atoms with E-state index in [0.29, 0.717) is 36.2 Å². The fourth-order valence-corrected chi connectivity index (χ4v) is 3.62. The highest BCUT2D eigenvalue weighted by molar-refractivity contribution is 5.99. The third kappa shape index (κ3) is 5.10. The Morgan fingerprint density at radius 3 is 2.72 bits per heavy atom. The Bertz CT molecular complexity index is 1120. The predicted octanol–water partition coefficient (Wildman–Crippen LogP) is 2.24. The van der Waals surface area contributed by atoms with Crippen molar-refractivity contribution in [3.63, 3.8) is 0 Å². The van der Waals surface area contributed by atoms with Gasteiger partial charge in [-0.2, -0.15) is 0 Å². The highest BCUT2D eigenvalue weighted by Gasteiger charge is 2.35. The lowest BCUT2D eigenvalue weighted by Gasteiger charge is -2.24. The molecule has 164 valence electrons. The Morgan fingerprint density at radius 2 is 2.03 bits per heavy atom. The molecule has 0 saturated carbocycles. The number of carbonyl (C=O) groups excluding carboxylic acids is 3. The van der Waals surface area contributed by atoms with Crippen LogP contribution in [-0.2, 0) is 9.59 Å². The predicted molar refractivity (Wildman–Crippen MR) is 118 cm³/mol. The molecule has 0 radical (unpaired) electrons. The molecule has 1 aliphatic rings. The average molecular weight is 434 g/mol. The molecule has 1 atom stereocenters. The van der Waals surface area contributed by atoms with Crippen LogP contribution in [0.25, 0.3) is 0 Å². The number of anilines is 1. The van der Waals surface area contributed by atoms with Crippen molar-refractivity contribution in [1.82, 2.24) is 10.2 Å². The van der Waals surface area contributed by atoms with E-state index in [2.05, 4.69) is 16.6 Å². The standard InChI is InChI=1S/C23H22N4O5/c1-3-16-6-4-7-18(13-16)25-21(28)14-24-22(29)20-8-5-11-26(20)23(30)17-9-10-19(27(31)32)15(2)12-17/h1,4,6-7,9-10,12-13,20H,5,8,11,14H2,2H3,(H,24,29)(H,25,28). The average Bonchev–Trinajstić information content (AvgIpc) is 3.26. The first-order chi connectivity index (χ1) is 15.3. The van der Waals surface area contributed by atoms with E-state index in [1.54, 1.807) is 31.2 Å². The van der Waals surface area contributed by atoms with Gasteiger partial charge in [0.1, 0.15) is 6.04 Å². The van der Waals surface area contributed by atoms with Crippen LogP contribution in [0.1, 0.15) is 34.3 Å². The summed E-state index contributed by atoms with van der Waals surface area (Å²) >= 11 is 0. The first-order valence-electron chi connectivity index (χ1n) is 10.0. The topological polar surface area (TPSA) is 122 Å². The number of nitrogens with one attached hydrogen (secondary N) is 2. The zero-order chi connectivity index (χ0) is 23.3. The molecule has 2 aromatic rings. The third-order valence-electron chi connectivity index (χ3n) is 5.19. The quantitative estimate of drug-likeness (QED) is 0.410. The van der Waals surface area contributed by atoms with Gasteiger partial charge in [-0.25, -0.2) is 0 Å². The molecule has 1 heterocycles. The van der Waals surface area contributed by atoms with E-state index in [4.69, 9.17) is 6.42 Å². The van der Waals surface area contributed by atoms with E-state index in [1.807, 2.05) is 0 Å². The smallest absolute Gasteiger partial charge is 0.272 e. The van der Waals surface area contributed by atoms with Gasteiger partial charge in [0.05, 0.1) is 11.5 Å². The van der Waals surface area contributed by atoms with Crippen LogP contribution in [0.5, 0.6) is 0 Å². The normalized spacial score (nSPS) is 15.0. The summed E-state index contributed by atoms with van der Waals surface area (Å²) in [6.07, 6.45) is 6.45. The molecule has 0 bridgehead atoms. The van der Waals surface area contributed by atoms with E-state index < -0.39 is 22.8 Å². The number of carbonyl (C=O) groups is 3. The lowest BCUT2D eigenvalue weighted by molar-refractivity contribution is -0.385. The lowest BCUT2D eigenvalue weighted by atomic mass is 10.1. The molecule has 9 heteroatoms. The van der Waals surface area contributed by atoms with Gasteiger partial charge in [0.2, 0.25) is 11.8 Å². The number of nitro groups is 1. The van der Waals surface area contributed by atoms with Crippen LogP contribution in [-0.4, -0.2) is 46.7 Å². The first kappa shape index (κ1) is 22.5. The van der Waals surface area contributed by atoms with Gasteiger partial charge in [0.25, 0.3) is 11.6 Å². The zero-order valence-electron chi connectivity index (χ0n) is 17.5. The van der Waals surface area contributed by atoms with Crippen molar-refractivity contribution in [2.45, 2.75) is 25.8 Å². The molecule has 0 spiro atoms. The molecule has 2 N–H and O–H groups in total. The summed E-state index contributed by atoms with van der Waals surface area (Å²) in [5.74, 6) is 1.25. The second-order valence-corrected chi connectivity index (χ2v) is 7.41. The van der Waals surface area contributed by atoms with Crippen LogP contribution in [0.15, 0.2) is 42.5 Å². The number of amides is 3. The molecule has 9 nitrogen and oxygen atoms in total. The van der Waals surface area contributed by atoms with E-state index in [0.717, 1.165) is 0 Å². The maximum Gasteiger partial charge on any atom is 0.272 e. The van der Waals surface area contributed by atoms with Gasteiger partial charge in [0, 0.05) is 35.0 Å². The summed E-state index contributed by atoms with van der Waals surface area (Å²) in [6.45, 7) is 1.69. The molecule has 0 aromatic heterocycles. The van der Waals surface area contributed by atoms with Crippen molar-refractivity contribution in [1.29, 1.82) is 0 Å². The molecule has 32 heavy (non-hydrogen) atoms. The summed E-state index contributed by atoms with van der Waals surface area (Å²) in [4.78, 5) is 49.7. The number of likely N-dealkylation sites (tertiary alicyclic amines) is 1. The van der Waals surface area contributed by atoms with Gasteiger partial charge < -0.3 is 15.5 Å². The summed E-state index contributed by atoms with van der Waals surface area (Å²) in [5.41, 5.74) is 1.71. The number of hydrogen-bond acceptors (Lipinski definition) is 5. The van der Waals surface area contributed by atoms with Crippen LogP contribution >= 0.6 is 0 Å². The lowest BCUT2D eigenvalue weighted by Crippen LogP contribution is -2.47. The summed E-state index contributed by atoms with van der Waals surface area (Å²) in [5, 5.41) is 16.2. The molecule has 2 aromatic carbocycles. The SMILES string of the molecule is C#Cc1cccc(NC(=O)CNC(=O)C2CCCN2C(=O)c2ccc([N+](=O)[O-])c(C)c2)c1.